The van der Waals surface area contributed by atoms with Crippen LogP contribution >= 0.6 is 0 Å². The zero-order chi connectivity index (χ0) is 21.6. The number of hydrogen-bond donors (Lipinski definition) is 3. The topological polar surface area (TPSA) is 93.7 Å². The van der Waals surface area contributed by atoms with E-state index >= 15 is 0 Å². The summed E-state index contributed by atoms with van der Waals surface area (Å²) in [4.78, 5) is 17.8. The quantitative estimate of drug-likeness (QED) is 0.611. The summed E-state index contributed by atoms with van der Waals surface area (Å²) in [5, 5.41) is 16.6. The van der Waals surface area contributed by atoms with E-state index < -0.39 is 0 Å². The minimum absolute atomic E-state index is 0.212. The van der Waals surface area contributed by atoms with Crippen molar-refractivity contribution >= 4 is 24.9 Å². The van der Waals surface area contributed by atoms with Gasteiger partial charge in [-0.25, -0.2) is 0 Å². The molecular weight excluding hydrogens is 388 g/mol. The Hall–Kier alpha value is -3.16. The fourth-order valence-corrected chi connectivity index (χ4v) is 3.03. The predicted octanol–water partition coefficient (Wildman–Crippen LogP) is 1.96. The van der Waals surface area contributed by atoms with Crippen LogP contribution in [0.1, 0.15) is 22.3 Å². The van der Waals surface area contributed by atoms with E-state index in [4.69, 9.17) is 0 Å². The highest BCUT2D eigenvalue weighted by Gasteiger charge is 1.97. The molecule has 7 nitrogen and oxygen atoms in total. The second-order valence-electron chi connectivity index (χ2n) is 7.17. The fourth-order valence-electron chi connectivity index (χ4n) is 3.03. The van der Waals surface area contributed by atoms with Gasteiger partial charge in [-0.2, -0.15) is 0 Å². The number of aromatic hydroxyl groups is 1. The van der Waals surface area contributed by atoms with E-state index in [0.717, 1.165) is 48.4 Å². The van der Waals surface area contributed by atoms with Crippen molar-refractivity contribution in [3.63, 3.8) is 0 Å². The van der Waals surface area contributed by atoms with Crippen LogP contribution in [-0.2, 0) is 0 Å². The van der Waals surface area contributed by atoms with E-state index in [9.17, 15) is 5.11 Å². The van der Waals surface area contributed by atoms with E-state index in [1.54, 1.807) is 24.6 Å². The van der Waals surface area contributed by atoms with Crippen molar-refractivity contribution in [2.45, 2.75) is 0 Å². The second-order valence-corrected chi connectivity index (χ2v) is 7.17. The van der Waals surface area contributed by atoms with Gasteiger partial charge >= 0.3 is 0 Å². The third-order valence-electron chi connectivity index (χ3n) is 4.51. The Morgan fingerprint density at radius 1 is 0.548 bits per heavy atom. The molecule has 1 aliphatic rings. The molecule has 0 atom stereocenters. The lowest BCUT2D eigenvalue weighted by Gasteiger charge is -2.02. The Morgan fingerprint density at radius 3 is 1.39 bits per heavy atom. The summed E-state index contributed by atoms with van der Waals surface area (Å²) in [6.07, 6.45) is 7.36. The Morgan fingerprint density at radius 2 is 0.935 bits per heavy atom. The van der Waals surface area contributed by atoms with Crippen LogP contribution in [0.2, 0.25) is 0 Å². The molecule has 2 aromatic rings. The molecule has 3 N–H and O–H groups in total. The Kier molecular flexibility index (Phi) is 9.59. The summed E-state index contributed by atoms with van der Waals surface area (Å²) in [5.41, 5.74) is 3.87. The van der Waals surface area contributed by atoms with Crippen molar-refractivity contribution in [1.29, 1.82) is 0 Å². The first-order valence-electron chi connectivity index (χ1n) is 10.6. The lowest BCUT2D eigenvalue weighted by Crippen LogP contribution is -2.21. The molecule has 0 aromatic heterocycles. The van der Waals surface area contributed by atoms with Crippen LogP contribution < -0.4 is 10.6 Å². The maximum atomic E-state index is 9.94. The van der Waals surface area contributed by atoms with E-state index in [2.05, 4.69) is 36.7 Å². The molecule has 1 aliphatic heterocycles. The summed E-state index contributed by atoms with van der Waals surface area (Å²) in [6.45, 7) is 5.90. The molecule has 0 amide bonds. The monoisotopic (exact) mass is 418 g/mol. The summed E-state index contributed by atoms with van der Waals surface area (Å²) in [7, 11) is 0. The van der Waals surface area contributed by atoms with Crippen molar-refractivity contribution in [2.75, 3.05) is 52.4 Å². The van der Waals surface area contributed by atoms with Crippen molar-refractivity contribution in [3.8, 4) is 5.75 Å². The van der Waals surface area contributed by atoms with Crippen molar-refractivity contribution < 1.29 is 5.11 Å². The first-order valence-corrected chi connectivity index (χ1v) is 10.6. The van der Waals surface area contributed by atoms with Gasteiger partial charge in [0.2, 0.25) is 0 Å². The highest BCUT2D eigenvalue weighted by Crippen LogP contribution is 2.13. The number of nitrogens with one attached hydrogen (secondary N) is 2. The van der Waals surface area contributed by atoms with Crippen molar-refractivity contribution in [2.24, 2.45) is 20.0 Å². The van der Waals surface area contributed by atoms with Crippen LogP contribution in [0.25, 0.3) is 0 Å². The van der Waals surface area contributed by atoms with Crippen LogP contribution in [0.5, 0.6) is 5.75 Å². The number of rotatable bonds is 0. The van der Waals surface area contributed by atoms with Crippen LogP contribution in [-0.4, -0.2) is 82.3 Å². The normalized spacial score (nSPS) is 16.6. The maximum absolute atomic E-state index is 9.94. The molecular formula is C24H30N6O. The van der Waals surface area contributed by atoms with Gasteiger partial charge in [-0.3, -0.25) is 20.0 Å². The minimum atomic E-state index is 0.212. The van der Waals surface area contributed by atoms with Crippen LogP contribution in [0.4, 0.5) is 0 Å². The lowest BCUT2D eigenvalue weighted by molar-refractivity contribution is 0.475. The molecule has 0 fully saturated rings. The summed E-state index contributed by atoms with van der Waals surface area (Å²) in [5.74, 6) is 0.212. The SMILES string of the molecule is Oc1cc2cc(c1)C=NCCNCCN=Cc1cccc(c1)C=NCCNCCN=C2. The molecule has 162 valence electrons. The molecule has 31 heavy (non-hydrogen) atoms. The molecule has 1 heterocycles. The lowest BCUT2D eigenvalue weighted by atomic mass is 10.1. The number of aliphatic imine (C=N–C) groups is 4. The standard InChI is InChI=1S/C24H30N6O/c31-24-14-22-13-23(15-24)19-30-11-7-26-5-9-28-17-21-3-1-2-20(12-21)16-27-8-4-25-6-10-29-18-22/h1-3,12-19,25-26,31H,4-11H2. The van der Waals surface area contributed by atoms with E-state index in [0.29, 0.717) is 26.2 Å². The van der Waals surface area contributed by atoms with Gasteiger partial charge < -0.3 is 15.7 Å². The third-order valence-corrected chi connectivity index (χ3v) is 4.51. The van der Waals surface area contributed by atoms with E-state index in [1.165, 1.54) is 0 Å². The van der Waals surface area contributed by atoms with Crippen LogP contribution in [0, 0.1) is 0 Å². The highest BCUT2D eigenvalue weighted by molar-refractivity contribution is 5.87. The first-order chi connectivity index (χ1) is 15.3. The average Bonchev–Trinajstić information content (AvgIpc) is 2.76. The van der Waals surface area contributed by atoms with Crippen LogP contribution in [0.15, 0.2) is 62.4 Å². The summed E-state index contributed by atoms with van der Waals surface area (Å²) < 4.78 is 0. The number of benzene rings is 2. The van der Waals surface area contributed by atoms with Gasteiger partial charge in [0.1, 0.15) is 5.75 Å². The van der Waals surface area contributed by atoms with Gasteiger partial charge in [0.05, 0.1) is 26.2 Å². The molecule has 0 unspecified atom stereocenters. The predicted molar refractivity (Wildman–Crippen MR) is 130 cm³/mol. The van der Waals surface area contributed by atoms with Gasteiger partial charge in [0, 0.05) is 51.0 Å². The molecule has 0 saturated carbocycles. The third kappa shape index (κ3) is 9.02. The zero-order valence-corrected chi connectivity index (χ0v) is 17.7. The largest absolute Gasteiger partial charge is 0.508 e. The highest BCUT2D eigenvalue weighted by atomic mass is 16.3. The molecule has 3 rings (SSSR count). The molecule has 2 aromatic carbocycles. The Bertz CT molecular complexity index is 868. The van der Waals surface area contributed by atoms with Gasteiger partial charge in [-0.15, -0.1) is 0 Å². The number of phenolic OH excluding ortho intramolecular Hbond substituents is 1. The average molecular weight is 419 g/mol. The summed E-state index contributed by atoms with van der Waals surface area (Å²) in [6, 6.07) is 13.6. The second kappa shape index (κ2) is 13.2. The number of fused-ring (bicyclic) bond motifs is 4. The number of nitrogens with zero attached hydrogens (tertiary/aromatic N) is 4. The Labute approximate surface area is 183 Å². The van der Waals surface area contributed by atoms with E-state index in [-0.39, 0.29) is 5.75 Å². The number of hydrogen-bond acceptors (Lipinski definition) is 7. The van der Waals surface area contributed by atoms with Gasteiger partial charge in [-0.1, -0.05) is 18.2 Å². The molecule has 7 heteroatoms. The zero-order valence-electron chi connectivity index (χ0n) is 17.7. The Balaban J connectivity index is 1.61. The minimum Gasteiger partial charge on any atom is -0.508 e. The van der Waals surface area contributed by atoms with Gasteiger partial charge in [0.15, 0.2) is 0 Å². The molecule has 0 saturated heterocycles. The number of phenols is 1. The molecule has 0 aliphatic carbocycles. The smallest absolute Gasteiger partial charge is 0.116 e. The van der Waals surface area contributed by atoms with Crippen molar-refractivity contribution in [1.82, 2.24) is 10.6 Å². The fraction of sp³-hybridized carbons (Fsp3) is 0.333. The van der Waals surface area contributed by atoms with Gasteiger partial charge in [0.25, 0.3) is 0 Å². The molecule has 4 bridgehead atoms. The molecule has 0 spiro atoms. The maximum Gasteiger partial charge on any atom is 0.116 e. The molecule has 0 radical (unpaired) electrons. The summed E-state index contributed by atoms with van der Waals surface area (Å²) >= 11 is 0. The van der Waals surface area contributed by atoms with E-state index in [1.807, 2.05) is 36.7 Å². The van der Waals surface area contributed by atoms with Gasteiger partial charge in [-0.05, 0) is 46.5 Å². The first kappa shape index (κ1) is 22.5. The van der Waals surface area contributed by atoms with Crippen molar-refractivity contribution in [3.05, 3.63) is 64.7 Å². The van der Waals surface area contributed by atoms with Crippen LogP contribution in [0.3, 0.4) is 0 Å².